The molecule has 0 spiro atoms. The zero-order chi connectivity index (χ0) is 21.5. The topological polar surface area (TPSA) is 59.6 Å². The van der Waals surface area contributed by atoms with Gasteiger partial charge in [0.1, 0.15) is 6.61 Å². The zero-order valence-electron chi connectivity index (χ0n) is 17.3. The van der Waals surface area contributed by atoms with Crippen molar-refractivity contribution in [3.63, 3.8) is 0 Å². The molecule has 3 aromatic carbocycles. The molecule has 1 amide bonds. The molecule has 0 aliphatic rings. The van der Waals surface area contributed by atoms with Crippen LogP contribution in [0.3, 0.4) is 0 Å². The van der Waals surface area contributed by atoms with Gasteiger partial charge in [-0.25, -0.2) is 0 Å². The highest BCUT2D eigenvalue weighted by atomic mass is 35.5. The van der Waals surface area contributed by atoms with E-state index in [-0.39, 0.29) is 5.91 Å². The Balaban J connectivity index is 1.66. The molecule has 6 heteroatoms. The third kappa shape index (κ3) is 5.91. The predicted molar refractivity (Wildman–Crippen MR) is 122 cm³/mol. The number of halogens is 1. The van der Waals surface area contributed by atoms with E-state index in [9.17, 15) is 4.79 Å². The van der Waals surface area contributed by atoms with Crippen LogP contribution in [0.1, 0.15) is 23.6 Å². The fraction of sp³-hybridized carbons (Fsp3) is 0.208. The van der Waals surface area contributed by atoms with Crippen LogP contribution >= 0.6 is 11.6 Å². The molecule has 3 aromatic rings. The lowest BCUT2D eigenvalue weighted by atomic mass is 10.1. The predicted octanol–water partition coefficient (Wildman–Crippen LogP) is 5.81. The van der Waals surface area contributed by atoms with Gasteiger partial charge in [0.15, 0.2) is 11.5 Å². The van der Waals surface area contributed by atoms with Crippen molar-refractivity contribution in [1.82, 2.24) is 0 Å². The molecule has 3 rings (SSSR count). The highest BCUT2D eigenvalue weighted by Gasteiger charge is 2.12. The largest absolute Gasteiger partial charge is 0.493 e. The second kappa shape index (κ2) is 10.0. The summed E-state index contributed by atoms with van der Waals surface area (Å²) in [4.78, 5) is 11.1. The van der Waals surface area contributed by atoms with Crippen LogP contribution in [0.5, 0.6) is 11.5 Å². The second-order valence-corrected chi connectivity index (χ2v) is 7.41. The van der Waals surface area contributed by atoms with Crippen LogP contribution in [-0.2, 0) is 17.9 Å². The minimum absolute atomic E-state index is 0.0952. The Labute approximate surface area is 182 Å². The molecule has 0 heterocycles. The molecule has 0 fully saturated rings. The summed E-state index contributed by atoms with van der Waals surface area (Å²) in [7, 11) is 1.60. The number of aryl methyl sites for hydroxylation is 1. The minimum Gasteiger partial charge on any atom is -0.493 e. The number of nitrogens with one attached hydrogen (secondary N) is 2. The molecule has 156 valence electrons. The Morgan fingerprint density at radius 3 is 2.40 bits per heavy atom. The standard InChI is InChI=1S/C24H25ClN2O3/c1-16-5-4-6-18(11-16)15-30-24-22(25)12-19(13-23(24)29-3)14-26-20-7-9-21(10-8-20)27-17(2)28/h4-13,26H,14-15H2,1-3H3,(H,27,28). The van der Waals surface area contributed by atoms with Gasteiger partial charge in [0, 0.05) is 24.8 Å². The fourth-order valence-electron chi connectivity index (χ4n) is 3.05. The van der Waals surface area contributed by atoms with Crippen molar-refractivity contribution >= 4 is 28.9 Å². The van der Waals surface area contributed by atoms with Crippen molar-refractivity contribution in [3.8, 4) is 11.5 Å². The highest BCUT2D eigenvalue weighted by Crippen LogP contribution is 2.37. The molecule has 2 N–H and O–H groups in total. The van der Waals surface area contributed by atoms with E-state index in [1.807, 2.05) is 61.5 Å². The first-order valence-electron chi connectivity index (χ1n) is 9.61. The van der Waals surface area contributed by atoms with E-state index >= 15 is 0 Å². The molecule has 0 radical (unpaired) electrons. The molecule has 0 aliphatic heterocycles. The maximum atomic E-state index is 11.1. The average Bonchev–Trinajstić information content (AvgIpc) is 2.71. The lowest BCUT2D eigenvalue weighted by molar-refractivity contribution is -0.114. The van der Waals surface area contributed by atoms with E-state index in [1.165, 1.54) is 12.5 Å². The van der Waals surface area contributed by atoms with Crippen LogP contribution in [0.25, 0.3) is 0 Å². The van der Waals surface area contributed by atoms with Gasteiger partial charge in [0.25, 0.3) is 0 Å². The number of anilines is 2. The number of hydrogen-bond donors (Lipinski definition) is 2. The number of ether oxygens (including phenoxy) is 2. The Morgan fingerprint density at radius 1 is 1.00 bits per heavy atom. The van der Waals surface area contributed by atoms with E-state index < -0.39 is 0 Å². The average molecular weight is 425 g/mol. The number of carbonyl (C=O) groups excluding carboxylic acids is 1. The Bertz CT molecular complexity index is 1020. The molecule has 30 heavy (non-hydrogen) atoms. The number of rotatable bonds is 8. The van der Waals surface area contributed by atoms with Gasteiger partial charge >= 0.3 is 0 Å². The van der Waals surface area contributed by atoms with Crippen LogP contribution < -0.4 is 20.1 Å². The van der Waals surface area contributed by atoms with E-state index in [2.05, 4.69) is 16.7 Å². The fourth-order valence-corrected chi connectivity index (χ4v) is 3.34. The molecule has 0 saturated carbocycles. The van der Waals surface area contributed by atoms with E-state index in [1.54, 1.807) is 7.11 Å². The number of hydrogen-bond acceptors (Lipinski definition) is 4. The Morgan fingerprint density at radius 2 is 1.73 bits per heavy atom. The molecule has 0 bridgehead atoms. The molecular weight excluding hydrogens is 400 g/mol. The van der Waals surface area contributed by atoms with Crippen LogP contribution in [-0.4, -0.2) is 13.0 Å². The first kappa shape index (κ1) is 21.5. The van der Waals surface area contributed by atoms with Crippen molar-refractivity contribution in [2.75, 3.05) is 17.7 Å². The molecule has 0 unspecified atom stereocenters. The first-order chi connectivity index (χ1) is 14.4. The van der Waals surface area contributed by atoms with Crippen LogP contribution in [0, 0.1) is 6.92 Å². The van der Waals surface area contributed by atoms with Crippen molar-refractivity contribution < 1.29 is 14.3 Å². The second-order valence-electron chi connectivity index (χ2n) is 7.00. The van der Waals surface area contributed by atoms with Gasteiger partial charge in [0.05, 0.1) is 12.1 Å². The monoisotopic (exact) mass is 424 g/mol. The van der Waals surface area contributed by atoms with Gasteiger partial charge in [0.2, 0.25) is 5.91 Å². The van der Waals surface area contributed by atoms with E-state index in [0.29, 0.717) is 29.7 Å². The Hall–Kier alpha value is -3.18. The van der Waals surface area contributed by atoms with Gasteiger partial charge in [-0.15, -0.1) is 0 Å². The van der Waals surface area contributed by atoms with Gasteiger partial charge < -0.3 is 20.1 Å². The van der Waals surface area contributed by atoms with Crippen LogP contribution in [0.2, 0.25) is 5.02 Å². The number of carbonyl (C=O) groups is 1. The van der Waals surface area contributed by atoms with Crippen molar-refractivity contribution in [2.45, 2.75) is 27.0 Å². The highest BCUT2D eigenvalue weighted by molar-refractivity contribution is 6.32. The third-order valence-corrected chi connectivity index (χ3v) is 4.74. The summed E-state index contributed by atoms with van der Waals surface area (Å²) >= 11 is 6.49. The summed E-state index contributed by atoms with van der Waals surface area (Å²) in [5.74, 6) is 1.03. The number of methoxy groups -OCH3 is 1. The molecule has 5 nitrogen and oxygen atoms in total. The number of benzene rings is 3. The van der Waals surface area contributed by atoms with E-state index in [0.717, 1.165) is 22.5 Å². The maximum absolute atomic E-state index is 11.1. The van der Waals surface area contributed by atoms with E-state index in [4.69, 9.17) is 21.1 Å². The zero-order valence-corrected chi connectivity index (χ0v) is 18.0. The lowest BCUT2D eigenvalue weighted by Crippen LogP contribution is -2.06. The smallest absolute Gasteiger partial charge is 0.221 e. The molecule has 0 aliphatic carbocycles. The summed E-state index contributed by atoms with van der Waals surface area (Å²) in [5, 5.41) is 6.58. The quantitative estimate of drug-likeness (QED) is 0.479. The molecular formula is C24H25ClN2O3. The molecule has 0 saturated heterocycles. The van der Waals surface area contributed by atoms with Gasteiger partial charge in [-0.1, -0.05) is 41.4 Å². The summed E-state index contributed by atoms with van der Waals surface area (Å²) in [6, 6.07) is 19.4. The normalized spacial score (nSPS) is 10.4. The Kier molecular flexibility index (Phi) is 7.20. The summed E-state index contributed by atoms with van der Waals surface area (Å²) < 4.78 is 11.5. The summed E-state index contributed by atoms with van der Waals surface area (Å²) in [6.07, 6.45) is 0. The van der Waals surface area contributed by atoms with Gasteiger partial charge in [-0.05, 0) is 54.4 Å². The molecule has 0 atom stereocenters. The van der Waals surface area contributed by atoms with Crippen molar-refractivity contribution in [1.29, 1.82) is 0 Å². The SMILES string of the molecule is COc1cc(CNc2ccc(NC(C)=O)cc2)cc(Cl)c1OCc1cccc(C)c1. The summed E-state index contributed by atoms with van der Waals surface area (Å²) in [6.45, 7) is 4.51. The van der Waals surface area contributed by atoms with Gasteiger partial charge in [-0.2, -0.15) is 0 Å². The summed E-state index contributed by atoms with van der Waals surface area (Å²) in [5.41, 5.74) is 4.90. The van der Waals surface area contributed by atoms with Crippen molar-refractivity contribution in [3.05, 3.63) is 82.4 Å². The maximum Gasteiger partial charge on any atom is 0.221 e. The van der Waals surface area contributed by atoms with Crippen LogP contribution in [0.15, 0.2) is 60.7 Å². The van der Waals surface area contributed by atoms with Gasteiger partial charge in [-0.3, -0.25) is 4.79 Å². The van der Waals surface area contributed by atoms with Crippen LogP contribution in [0.4, 0.5) is 11.4 Å². The first-order valence-corrected chi connectivity index (χ1v) is 9.98. The lowest BCUT2D eigenvalue weighted by Gasteiger charge is -2.15. The van der Waals surface area contributed by atoms with Crippen molar-refractivity contribution in [2.24, 2.45) is 0 Å². The molecule has 0 aromatic heterocycles. The number of amides is 1. The minimum atomic E-state index is -0.0952. The third-order valence-electron chi connectivity index (χ3n) is 4.46.